The molecule has 0 saturated heterocycles. The Bertz CT molecular complexity index is 129. The van der Waals surface area contributed by atoms with Crippen molar-refractivity contribution in [2.45, 2.75) is 6.42 Å². The van der Waals surface area contributed by atoms with Crippen LogP contribution in [0.4, 0.5) is 4.79 Å². The fourth-order valence-electron chi connectivity index (χ4n) is 0.340. The van der Waals surface area contributed by atoms with E-state index >= 15 is 0 Å². The van der Waals surface area contributed by atoms with Gasteiger partial charge >= 0.3 is 4.70 Å². The summed E-state index contributed by atoms with van der Waals surface area (Å²) in [6.45, 7) is 0. The molecule has 0 heterocycles. The molecule has 1 rings (SSSR count). The van der Waals surface area contributed by atoms with Gasteiger partial charge in [-0.05, 0) is 23.2 Å². The maximum absolute atomic E-state index is 8.98. The molecule has 54 valence electrons. The standard InChI is InChI=1S/C5H5.CCl2O.Ti/c1-2-4-5-3-1;2-1(3)4;/h1-3H,4H2;;/q-1;;. The quantitative estimate of drug-likeness (QED) is 0.342. The zero-order valence-corrected chi connectivity index (χ0v) is 8.18. The summed E-state index contributed by atoms with van der Waals surface area (Å²) in [7, 11) is 0. The van der Waals surface area contributed by atoms with Crippen molar-refractivity contribution in [3.05, 3.63) is 24.3 Å². The van der Waals surface area contributed by atoms with Crippen LogP contribution in [0.5, 0.6) is 0 Å². The average molecular weight is 212 g/mol. The van der Waals surface area contributed by atoms with Gasteiger partial charge in [-0.25, -0.2) is 12.2 Å². The number of hydrogen-bond donors (Lipinski definition) is 0. The molecule has 0 atom stereocenters. The van der Waals surface area contributed by atoms with Gasteiger partial charge in [-0.2, -0.15) is 6.08 Å². The first-order chi connectivity index (χ1) is 4.23. The van der Waals surface area contributed by atoms with E-state index in [-0.39, 0.29) is 21.7 Å². The van der Waals surface area contributed by atoms with E-state index in [9.17, 15) is 0 Å². The Balaban J connectivity index is 0. The van der Waals surface area contributed by atoms with Gasteiger partial charge in [0.15, 0.2) is 0 Å². The van der Waals surface area contributed by atoms with E-state index in [0.29, 0.717) is 0 Å². The first-order valence-corrected chi connectivity index (χ1v) is 3.06. The number of carbonyl (C=O) groups excluding carboxylic acids is 1. The van der Waals surface area contributed by atoms with Crippen molar-refractivity contribution in [3.63, 3.8) is 0 Å². The van der Waals surface area contributed by atoms with Gasteiger partial charge in [0.1, 0.15) is 0 Å². The van der Waals surface area contributed by atoms with Crippen LogP contribution in [0, 0.1) is 6.08 Å². The number of allylic oxidation sites excluding steroid dienone is 4. The minimum Gasteiger partial charge on any atom is -0.273 e. The Morgan fingerprint density at radius 2 is 2.00 bits per heavy atom. The maximum atomic E-state index is 8.98. The Hall–Kier alpha value is 0.444. The summed E-state index contributed by atoms with van der Waals surface area (Å²) < 4.78 is -0.889. The summed E-state index contributed by atoms with van der Waals surface area (Å²) in [5, 5.41) is 0. The van der Waals surface area contributed by atoms with Gasteiger partial charge in [-0.15, -0.1) is 6.42 Å². The summed E-state index contributed by atoms with van der Waals surface area (Å²) in [5.41, 5.74) is 0. The second-order valence-electron chi connectivity index (χ2n) is 1.23. The van der Waals surface area contributed by atoms with Crippen molar-refractivity contribution in [3.8, 4) is 0 Å². The first-order valence-electron chi connectivity index (χ1n) is 2.30. The second kappa shape index (κ2) is 9.44. The smallest absolute Gasteiger partial charge is 0.273 e. The van der Waals surface area contributed by atoms with Gasteiger partial charge in [0.05, 0.1) is 0 Å². The van der Waals surface area contributed by atoms with Crippen LogP contribution in [0.15, 0.2) is 18.2 Å². The van der Waals surface area contributed by atoms with Crippen molar-refractivity contribution < 1.29 is 26.5 Å². The van der Waals surface area contributed by atoms with Crippen LogP contribution in [-0.4, -0.2) is 4.70 Å². The third-order valence-corrected chi connectivity index (χ3v) is 0.586. The normalized spacial score (nSPS) is 11.4. The molecule has 0 aromatic carbocycles. The number of halogens is 2. The summed E-state index contributed by atoms with van der Waals surface area (Å²) in [6.07, 6.45) is 10.0. The van der Waals surface area contributed by atoms with E-state index in [4.69, 9.17) is 4.79 Å². The van der Waals surface area contributed by atoms with Crippen molar-refractivity contribution in [1.29, 1.82) is 0 Å². The largest absolute Gasteiger partial charge is 0.313 e. The Labute approximate surface area is 85.0 Å². The predicted molar refractivity (Wildman–Crippen MR) is 38.7 cm³/mol. The third-order valence-electron chi connectivity index (χ3n) is 0.586. The molecule has 1 aliphatic carbocycles. The summed E-state index contributed by atoms with van der Waals surface area (Å²) in [4.78, 5) is 8.98. The number of rotatable bonds is 0. The van der Waals surface area contributed by atoms with Crippen molar-refractivity contribution >= 4 is 27.9 Å². The zero-order chi connectivity index (χ0) is 7.11. The van der Waals surface area contributed by atoms with Crippen LogP contribution in [-0.2, 0) is 21.7 Å². The molecule has 0 saturated carbocycles. The van der Waals surface area contributed by atoms with E-state index in [2.05, 4.69) is 35.4 Å². The summed E-state index contributed by atoms with van der Waals surface area (Å²) >= 11 is 8.80. The predicted octanol–water partition coefficient (Wildman–Crippen LogP) is 2.89. The van der Waals surface area contributed by atoms with Crippen LogP contribution in [0.25, 0.3) is 0 Å². The molecule has 1 aliphatic rings. The molecule has 0 N–H and O–H groups in total. The summed E-state index contributed by atoms with van der Waals surface area (Å²) in [5.74, 6) is 0. The molecular formula is C6H5Cl2OTi-. The molecule has 0 aliphatic heterocycles. The SMILES string of the molecule is O=C(Cl)Cl.[C-]1=CC=CC1.[Ti]. The minimum atomic E-state index is -0.889. The third kappa shape index (κ3) is 15.8. The van der Waals surface area contributed by atoms with E-state index in [0.717, 1.165) is 6.42 Å². The van der Waals surface area contributed by atoms with Crippen LogP contribution in [0.1, 0.15) is 6.42 Å². The molecule has 0 unspecified atom stereocenters. The minimum absolute atomic E-state index is 0. The fourth-order valence-corrected chi connectivity index (χ4v) is 0.340. The van der Waals surface area contributed by atoms with Crippen molar-refractivity contribution in [2.24, 2.45) is 0 Å². The molecule has 0 amide bonds. The molecule has 0 fully saturated rings. The number of hydrogen-bond acceptors (Lipinski definition) is 1. The Morgan fingerprint density at radius 1 is 1.50 bits per heavy atom. The molecular weight excluding hydrogens is 207 g/mol. The van der Waals surface area contributed by atoms with Gasteiger partial charge in [-0.3, -0.25) is 10.9 Å². The zero-order valence-electron chi connectivity index (χ0n) is 5.10. The molecule has 0 aromatic heterocycles. The average Bonchev–Trinajstić information content (AvgIpc) is 2.11. The molecule has 0 radical (unpaired) electrons. The van der Waals surface area contributed by atoms with Gasteiger partial charge < -0.3 is 0 Å². The van der Waals surface area contributed by atoms with E-state index in [1.807, 2.05) is 12.2 Å². The van der Waals surface area contributed by atoms with Crippen LogP contribution >= 0.6 is 23.2 Å². The monoisotopic (exact) mass is 211 g/mol. The van der Waals surface area contributed by atoms with E-state index < -0.39 is 4.70 Å². The van der Waals surface area contributed by atoms with Gasteiger partial charge in [-0.1, -0.05) is 0 Å². The number of carbonyl (C=O) groups is 1. The van der Waals surface area contributed by atoms with Crippen molar-refractivity contribution in [2.75, 3.05) is 0 Å². The molecule has 1 nitrogen and oxygen atoms in total. The van der Waals surface area contributed by atoms with E-state index in [1.165, 1.54) is 0 Å². The topological polar surface area (TPSA) is 17.1 Å². The van der Waals surface area contributed by atoms with Gasteiger partial charge in [0.2, 0.25) is 0 Å². The van der Waals surface area contributed by atoms with Gasteiger partial charge in [0, 0.05) is 21.7 Å². The van der Waals surface area contributed by atoms with Crippen LogP contribution in [0.2, 0.25) is 0 Å². The molecule has 0 spiro atoms. The van der Waals surface area contributed by atoms with Crippen molar-refractivity contribution in [1.82, 2.24) is 0 Å². The first kappa shape index (κ1) is 13.1. The fraction of sp³-hybridized carbons (Fsp3) is 0.167. The second-order valence-corrected chi connectivity index (χ2v) is 2.11. The molecule has 0 aromatic rings. The van der Waals surface area contributed by atoms with Gasteiger partial charge in [0.25, 0.3) is 0 Å². The van der Waals surface area contributed by atoms with Crippen LogP contribution < -0.4 is 0 Å². The molecule has 10 heavy (non-hydrogen) atoms. The maximum Gasteiger partial charge on any atom is 0.313 e. The van der Waals surface area contributed by atoms with E-state index in [1.54, 1.807) is 0 Å². The Morgan fingerprint density at radius 3 is 2.10 bits per heavy atom. The van der Waals surface area contributed by atoms with Crippen LogP contribution in [0.3, 0.4) is 0 Å². The molecule has 4 heteroatoms. The molecule has 0 bridgehead atoms. The Kier molecular flexibility index (Phi) is 12.3. The summed E-state index contributed by atoms with van der Waals surface area (Å²) in [6, 6.07) is 0.